The number of hydrogen-bond donors (Lipinski definition) is 0. The molecule has 0 amide bonds. The van der Waals surface area contributed by atoms with Crippen LogP contribution in [-0.4, -0.2) is 24.5 Å². The molecule has 0 spiro atoms. The molecule has 0 N–H and O–H groups in total. The van der Waals surface area contributed by atoms with E-state index in [1.54, 1.807) is 0 Å². The summed E-state index contributed by atoms with van der Waals surface area (Å²) in [6, 6.07) is 0. The maximum absolute atomic E-state index is 3.93. The molecule has 0 atom stereocenters. The van der Waals surface area contributed by atoms with Gasteiger partial charge in [0.05, 0.1) is 0 Å². The molecule has 78 valence electrons. The van der Waals surface area contributed by atoms with Crippen LogP contribution in [-0.2, 0) is 0 Å². The quantitative estimate of drug-likeness (QED) is 0.521. The molecule has 0 heterocycles. The number of hydrogen-bond acceptors (Lipinski definition) is 1. The van der Waals surface area contributed by atoms with Crippen LogP contribution in [0.25, 0.3) is 0 Å². The van der Waals surface area contributed by atoms with Crippen LogP contribution in [0.4, 0.5) is 0 Å². The van der Waals surface area contributed by atoms with Gasteiger partial charge in [0.15, 0.2) is 0 Å². The molecule has 0 unspecified atom stereocenters. The third-order valence-corrected chi connectivity index (χ3v) is 2.16. The highest BCUT2D eigenvalue weighted by atomic mass is 15.1. The first kappa shape index (κ1) is 12.7. The van der Waals surface area contributed by atoms with Crippen LogP contribution in [0.3, 0.4) is 0 Å². The minimum absolute atomic E-state index is 1.18. The van der Waals surface area contributed by atoms with E-state index in [-0.39, 0.29) is 0 Å². The molecule has 0 radical (unpaired) electrons. The van der Waals surface area contributed by atoms with Crippen LogP contribution < -0.4 is 0 Å². The standard InChI is InChI=1S/C12H25N/c1-5-9-13(10-6-2)11-7-8-12(3)4/h3,5-11H2,1-2,4H3. The third-order valence-electron chi connectivity index (χ3n) is 2.16. The fourth-order valence-corrected chi connectivity index (χ4v) is 1.57. The van der Waals surface area contributed by atoms with Crippen molar-refractivity contribution in [2.75, 3.05) is 19.6 Å². The van der Waals surface area contributed by atoms with Gasteiger partial charge in [0.25, 0.3) is 0 Å². The average molecular weight is 183 g/mol. The summed E-state index contributed by atoms with van der Waals surface area (Å²) < 4.78 is 0. The van der Waals surface area contributed by atoms with E-state index in [9.17, 15) is 0 Å². The van der Waals surface area contributed by atoms with Crippen LogP contribution in [0.15, 0.2) is 12.2 Å². The molecule has 0 aromatic heterocycles. The van der Waals surface area contributed by atoms with Crippen molar-refractivity contribution >= 4 is 0 Å². The van der Waals surface area contributed by atoms with E-state index in [1.165, 1.54) is 50.9 Å². The van der Waals surface area contributed by atoms with E-state index < -0.39 is 0 Å². The molecule has 0 aliphatic rings. The zero-order chi connectivity index (χ0) is 10.1. The van der Waals surface area contributed by atoms with Gasteiger partial charge >= 0.3 is 0 Å². The normalized spacial score (nSPS) is 10.8. The van der Waals surface area contributed by atoms with Gasteiger partial charge in [0.1, 0.15) is 0 Å². The Bertz CT molecular complexity index is 123. The predicted octanol–water partition coefficient (Wildman–Crippen LogP) is 3.46. The van der Waals surface area contributed by atoms with Crippen molar-refractivity contribution in [3.63, 3.8) is 0 Å². The summed E-state index contributed by atoms with van der Waals surface area (Å²) in [6.45, 7) is 14.3. The first-order chi connectivity index (χ1) is 6.20. The van der Waals surface area contributed by atoms with Crippen LogP contribution in [0, 0.1) is 0 Å². The molecule has 0 aromatic carbocycles. The Labute approximate surface area is 83.8 Å². The lowest BCUT2D eigenvalue weighted by atomic mass is 10.2. The zero-order valence-electron chi connectivity index (χ0n) is 9.60. The molecule has 0 bridgehead atoms. The van der Waals surface area contributed by atoms with E-state index >= 15 is 0 Å². The van der Waals surface area contributed by atoms with Gasteiger partial charge in [-0.15, -0.1) is 6.58 Å². The van der Waals surface area contributed by atoms with Gasteiger partial charge in [-0.1, -0.05) is 19.4 Å². The second kappa shape index (κ2) is 8.31. The van der Waals surface area contributed by atoms with Crippen molar-refractivity contribution in [3.8, 4) is 0 Å². The highest BCUT2D eigenvalue weighted by Crippen LogP contribution is 2.03. The summed E-state index contributed by atoms with van der Waals surface area (Å²) in [6.07, 6.45) is 5.00. The summed E-state index contributed by atoms with van der Waals surface area (Å²) in [4.78, 5) is 2.56. The Kier molecular flexibility index (Phi) is 8.11. The van der Waals surface area contributed by atoms with Gasteiger partial charge in [-0.3, -0.25) is 0 Å². The van der Waals surface area contributed by atoms with Crippen molar-refractivity contribution < 1.29 is 0 Å². The van der Waals surface area contributed by atoms with E-state index in [4.69, 9.17) is 0 Å². The fraction of sp³-hybridized carbons (Fsp3) is 0.833. The molecule has 0 aromatic rings. The SMILES string of the molecule is C=C(C)CCCN(CCC)CCC. The van der Waals surface area contributed by atoms with Crippen molar-refractivity contribution in [1.29, 1.82) is 0 Å². The number of rotatable bonds is 8. The fourth-order valence-electron chi connectivity index (χ4n) is 1.57. The summed E-state index contributed by atoms with van der Waals surface area (Å²) in [5, 5.41) is 0. The van der Waals surface area contributed by atoms with Crippen LogP contribution >= 0.6 is 0 Å². The molecule has 0 saturated carbocycles. The molecule has 0 rings (SSSR count). The highest BCUT2D eigenvalue weighted by Gasteiger charge is 2.01. The maximum Gasteiger partial charge on any atom is -0.00157 e. The molecule has 1 nitrogen and oxygen atoms in total. The van der Waals surface area contributed by atoms with Crippen molar-refractivity contribution in [3.05, 3.63) is 12.2 Å². The van der Waals surface area contributed by atoms with Gasteiger partial charge in [-0.25, -0.2) is 0 Å². The first-order valence-electron chi connectivity index (χ1n) is 5.57. The largest absolute Gasteiger partial charge is 0.303 e. The molecular formula is C12H25N. The second-order valence-electron chi connectivity index (χ2n) is 3.90. The van der Waals surface area contributed by atoms with Crippen molar-refractivity contribution in [2.24, 2.45) is 0 Å². The highest BCUT2D eigenvalue weighted by molar-refractivity contribution is 4.87. The third kappa shape index (κ3) is 8.04. The Morgan fingerprint density at radius 2 is 1.62 bits per heavy atom. The van der Waals surface area contributed by atoms with Crippen molar-refractivity contribution in [1.82, 2.24) is 4.90 Å². The molecule has 1 heteroatoms. The van der Waals surface area contributed by atoms with E-state index in [1.807, 2.05) is 0 Å². The van der Waals surface area contributed by atoms with E-state index in [0.717, 1.165) is 0 Å². The molecule has 0 fully saturated rings. The van der Waals surface area contributed by atoms with Gasteiger partial charge in [0.2, 0.25) is 0 Å². The first-order valence-corrected chi connectivity index (χ1v) is 5.57. The molecular weight excluding hydrogens is 158 g/mol. The Morgan fingerprint density at radius 3 is 2.00 bits per heavy atom. The van der Waals surface area contributed by atoms with Crippen LogP contribution in [0.2, 0.25) is 0 Å². The van der Waals surface area contributed by atoms with E-state index in [0.29, 0.717) is 0 Å². The number of allylic oxidation sites excluding steroid dienone is 1. The summed E-state index contributed by atoms with van der Waals surface area (Å²) in [7, 11) is 0. The maximum atomic E-state index is 3.93. The molecule has 0 aliphatic heterocycles. The Hall–Kier alpha value is -0.300. The monoisotopic (exact) mass is 183 g/mol. The lowest BCUT2D eigenvalue weighted by molar-refractivity contribution is 0.271. The van der Waals surface area contributed by atoms with Gasteiger partial charge < -0.3 is 4.90 Å². The summed E-state index contributed by atoms with van der Waals surface area (Å²) in [5.74, 6) is 0. The molecule has 13 heavy (non-hydrogen) atoms. The predicted molar refractivity (Wildman–Crippen MR) is 61.1 cm³/mol. The topological polar surface area (TPSA) is 3.24 Å². The van der Waals surface area contributed by atoms with Gasteiger partial charge in [-0.05, 0) is 52.2 Å². The van der Waals surface area contributed by atoms with Crippen LogP contribution in [0.1, 0.15) is 46.5 Å². The summed E-state index contributed by atoms with van der Waals surface area (Å²) >= 11 is 0. The van der Waals surface area contributed by atoms with Gasteiger partial charge in [0, 0.05) is 0 Å². The van der Waals surface area contributed by atoms with Crippen LogP contribution in [0.5, 0.6) is 0 Å². The molecule has 0 aliphatic carbocycles. The van der Waals surface area contributed by atoms with Gasteiger partial charge in [-0.2, -0.15) is 0 Å². The number of nitrogens with zero attached hydrogens (tertiary/aromatic N) is 1. The Balaban J connectivity index is 3.49. The van der Waals surface area contributed by atoms with E-state index in [2.05, 4.69) is 32.3 Å². The lowest BCUT2D eigenvalue weighted by Crippen LogP contribution is -2.26. The second-order valence-corrected chi connectivity index (χ2v) is 3.90. The zero-order valence-corrected chi connectivity index (χ0v) is 9.60. The molecule has 0 saturated heterocycles. The average Bonchev–Trinajstić information content (AvgIpc) is 2.04. The lowest BCUT2D eigenvalue weighted by Gasteiger charge is -2.20. The Morgan fingerprint density at radius 1 is 1.08 bits per heavy atom. The smallest absolute Gasteiger partial charge is 0.00157 e. The minimum atomic E-state index is 1.18. The van der Waals surface area contributed by atoms with Crippen molar-refractivity contribution in [2.45, 2.75) is 46.5 Å². The summed E-state index contributed by atoms with van der Waals surface area (Å²) in [5.41, 5.74) is 1.31. The minimum Gasteiger partial charge on any atom is -0.303 e.